The van der Waals surface area contributed by atoms with Gasteiger partial charge in [-0.1, -0.05) is 29.8 Å². The Bertz CT molecular complexity index is 408. The van der Waals surface area contributed by atoms with E-state index in [2.05, 4.69) is 0 Å². The van der Waals surface area contributed by atoms with Crippen LogP contribution < -0.4 is 0 Å². The summed E-state index contributed by atoms with van der Waals surface area (Å²) < 4.78 is 0. The first-order chi connectivity index (χ1) is 7.59. The average Bonchev–Trinajstić information content (AvgIpc) is 2.61. The average molecular weight is 240 g/mol. The molecule has 3 nitrogen and oxygen atoms in total. The minimum atomic E-state index is -0.741. The monoisotopic (exact) mass is 239 g/mol. The van der Waals surface area contributed by atoms with Crippen LogP contribution in [-0.4, -0.2) is 36.1 Å². The number of hydrogen-bond donors (Lipinski definition) is 1. The maximum Gasteiger partial charge on any atom is 0.308 e. The molecule has 1 N–H and O–H groups in total. The SMILES string of the molecule is CN1CC(C(=O)O)C(c2ccccc2Cl)C1. The van der Waals surface area contributed by atoms with E-state index < -0.39 is 5.97 Å². The Labute approximate surface area is 99.6 Å². The third kappa shape index (κ3) is 2.06. The zero-order valence-electron chi connectivity index (χ0n) is 9.06. The summed E-state index contributed by atoms with van der Waals surface area (Å²) >= 11 is 6.11. The minimum Gasteiger partial charge on any atom is -0.481 e. The molecule has 1 aromatic rings. The van der Waals surface area contributed by atoms with Crippen LogP contribution in [-0.2, 0) is 4.79 Å². The fraction of sp³-hybridized carbons (Fsp3) is 0.417. The van der Waals surface area contributed by atoms with Gasteiger partial charge in [-0.05, 0) is 18.7 Å². The Morgan fingerprint density at radius 3 is 2.75 bits per heavy atom. The van der Waals surface area contributed by atoms with Crippen molar-refractivity contribution in [2.75, 3.05) is 20.1 Å². The maximum absolute atomic E-state index is 11.2. The second kappa shape index (κ2) is 4.44. The van der Waals surface area contributed by atoms with E-state index in [0.717, 1.165) is 12.1 Å². The number of halogens is 1. The number of benzene rings is 1. The molecule has 0 bridgehead atoms. The van der Waals surface area contributed by atoms with E-state index in [4.69, 9.17) is 11.6 Å². The van der Waals surface area contributed by atoms with Crippen LogP contribution >= 0.6 is 11.6 Å². The molecule has 2 atom stereocenters. The van der Waals surface area contributed by atoms with Gasteiger partial charge in [0.1, 0.15) is 0 Å². The number of aliphatic carboxylic acids is 1. The van der Waals surface area contributed by atoms with Gasteiger partial charge in [-0.25, -0.2) is 0 Å². The van der Waals surface area contributed by atoms with Crippen LogP contribution in [0.2, 0.25) is 5.02 Å². The lowest BCUT2D eigenvalue weighted by Crippen LogP contribution is -2.21. The molecule has 1 saturated heterocycles. The van der Waals surface area contributed by atoms with Gasteiger partial charge in [-0.15, -0.1) is 0 Å². The van der Waals surface area contributed by atoms with Crippen LogP contribution in [0.25, 0.3) is 0 Å². The fourth-order valence-electron chi connectivity index (χ4n) is 2.34. The van der Waals surface area contributed by atoms with Crippen LogP contribution in [0.5, 0.6) is 0 Å². The molecule has 0 aromatic heterocycles. The van der Waals surface area contributed by atoms with Crippen molar-refractivity contribution in [1.82, 2.24) is 4.90 Å². The largest absolute Gasteiger partial charge is 0.481 e. The van der Waals surface area contributed by atoms with Crippen molar-refractivity contribution in [2.24, 2.45) is 5.92 Å². The van der Waals surface area contributed by atoms with Crippen LogP contribution in [0.15, 0.2) is 24.3 Å². The third-order valence-electron chi connectivity index (χ3n) is 3.12. The van der Waals surface area contributed by atoms with Gasteiger partial charge in [0, 0.05) is 24.0 Å². The predicted octanol–water partition coefficient (Wildman–Crippen LogP) is 2.07. The first-order valence-corrected chi connectivity index (χ1v) is 5.63. The molecule has 0 spiro atoms. The van der Waals surface area contributed by atoms with Gasteiger partial charge in [-0.3, -0.25) is 4.79 Å². The summed E-state index contributed by atoms with van der Waals surface area (Å²) in [6, 6.07) is 7.49. The number of rotatable bonds is 2. The quantitative estimate of drug-likeness (QED) is 0.859. The molecule has 0 amide bonds. The van der Waals surface area contributed by atoms with Crippen LogP contribution in [0.1, 0.15) is 11.5 Å². The Morgan fingerprint density at radius 1 is 1.44 bits per heavy atom. The van der Waals surface area contributed by atoms with Gasteiger partial charge < -0.3 is 10.0 Å². The van der Waals surface area contributed by atoms with Crippen molar-refractivity contribution >= 4 is 17.6 Å². The summed E-state index contributed by atoms with van der Waals surface area (Å²) in [5.74, 6) is -1.10. The van der Waals surface area contributed by atoms with Crippen molar-refractivity contribution in [3.63, 3.8) is 0 Å². The second-order valence-corrected chi connectivity index (χ2v) is 4.70. The number of carbonyl (C=O) groups is 1. The Kier molecular flexibility index (Phi) is 3.17. The zero-order chi connectivity index (χ0) is 11.7. The van der Waals surface area contributed by atoms with E-state index in [-0.39, 0.29) is 11.8 Å². The summed E-state index contributed by atoms with van der Waals surface area (Å²) in [5, 5.41) is 9.85. The van der Waals surface area contributed by atoms with E-state index in [1.54, 1.807) is 0 Å². The molecule has 4 heteroatoms. The lowest BCUT2D eigenvalue weighted by Gasteiger charge is -2.16. The van der Waals surface area contributed by atoms with Crippen molar-refractivity contribution in [3.8, 4) is 0 Å². The number of hydrogen-bond acceptors (Lipinski definition) is 2. The van der Waals surface area contributed by atoms with Crippen LogP contribution in [0.4, 0.5) is 0 Å². The summed E-state index contributed by atoms with van der Waals surface area (Å²) in [5.41, 5.74) is 0.945. The van der Waals surface area contributed by atoms with Gasteiger partial charge in [0.15, 0.2) is 0 Å². The number of carboxylic acids is 1. The maximum atomic E-state index is 11.2. The zero-order valence-corrected chi connectivity index (χ0v) is 9.81. The highest BCUT2D eigenvalue weighted by Crippen LogP contribution is 2.35. The van der Waals surface area contributed by atoms with Crippen LogP contribution in [0.3, 0.4) is 0 Å². The van der Waals surface area contributed by atoms with Crippen molar-refractivity contribution < 1.29 is 9.90 Å². The molecule has 2 rings (SSSR count). The van der Waals surface area contributed by atoms with E-state index in [1.165, 1.54) is 0 Å². The Balaban J connectivity index is 2.33. The molecule has 16 heavy (non-hydrogen) atoms. The molecular weight excluding hydrogens is 226 g/mol. The van der Waals surface area contributed by atoms with E-state index in [9.17, 15) is 9.90 Å². The first kappa shape index (κ1) is 11.4. The molecule has 1 aromatic carbocycles. The lowest BCUT2D eigenvalue weighted by molar-refractivity contribution is -0.141. The predicted molar refractivity (Wildman–Crippen MR) is 62.8 cm³/mol. The Morgan fingerprint density at radius 2 is 2.12 bits per heavy atom. The van der Waals surface area contributed by atoms with Gasteiger partial charge >= 0.3 is 5.97 Å². The Hall–Kier alpha value is -1.06. The van der Waals surface area contributed by atoms with E-state index in [0.29, 0.717) is 11.6 Å². The van der Waals surface area contributed by atoms with Gasteiger partial charge in [-0.2, -0.15) is 0 Å². The number of likely N-dealkylation sites (tertiary alicyclic amines) is 1. The highest BCUT2D eigenvalue weighted by atomic mass is 35.5. The molecule has 2 unspecified atom stereocenters. The molecule has 86 valence electrons. The molecular formula is C12H14ClNO2. The number of carboxylic acid groups (broad SMARTS) is 1. The van der Waals surface area contributed by atoms with Crippen molar-refractivity contribution in [1.29, 1.82) is 0 Å². The smallest absolute Gasteiger partial charge is 0.308 e. The summed E-state index contributed by atoms with van der Waals surface area (Å²) in [7, 11) is 1.94. The molecule has 0 saturated carbocycles. The molecule has 0 aliphatic carbocycles. The normalized spacial score (nSPS) is 25.9. The summed E-state index contributed by atoms with van der Waals surface area (Å²) in [6.45, 7) is 1.34. The number of likely N-dealkylation sites (N-methyl/N-ethyl adjacent to an activating group) is 1. The topological polar surface area (TPSA) is 40.5 Å². The molecule has 1 heterocycles. The van der Waals surface area contributed by atoms with Crippen molar-refractivity contribution in [2.45, 2.75) is 5.92 Å². The minimum absolute atomic E-state index is 0.00352. The summed E-state index contributed by atoms with van der Waals surface area (Å²) in [6.07, 6.45) is 0. The highest BCUT2D eigenvalue weighted by Gasteiger charge is 2.37. The van der Waals surface area contributed by atoms with E-state index in [1.807, 2.05) is 36.2 Å². The van der Waals surface area contributed by atoms with Gasteiger partial charge in [0.25, 0.3) is 0 Å². The van der Waals surface area contributed by atoms with Crippen molar-refractivity contribution in [3.05, 3.63) is 34.9 Å². The fourth-order valence-corrected chi connectivity index (χ4v) is 2.62. The van der Waals surface area contributed by atoms with E-state index >= 15 is 0 Å². The standard InChI is InChI=1S/C12H14ClNO2/c1-14-6-9(10(7-14)12(15)16)8-4-2-3-5-11(8)13/h2-5,9-10H,6-7H2,1H3,(H,15,16). The lowest BCUT2D eigenvalue weighted by atomic mass is 9.89. The highest BCUT2D eigenvalue weighted by molar-refractivity contribution is 6.31. The van der Waals surface area contributed by atoms with Gasteiger partial charge in [0.2, 0.25) is 0 Å². The van der Waals surface area contributed by atoms with Gasteiger partial charge in [0.05, 0.1) is 5.92 Å². The molecule has 1 aliphatic rings. The third-order valence-corrected chi connectivity index (χ3v) is 3.47. The first-order valence-electron chi connectivity index (χ1n) is 5.25. The molecule has 1 fully saturated rings. The summed E-state index contributed by atoms with van der Waals surface area (Å²) in [4.78, 5) is 13.2. The second-order valence-electron chi connectivity index (χ2n) is 4.29. The number of nitrogens with zero attached hydrogens (tertiary/aromatic N) is 1. The molecule has 0 radical (unpaired) electrons. The van der Waals surface area contributed by atoms with Crippen LogP contribution in [0, 0.1) is 5.92 Å². The molecule has 1 aliphatic heterocycles.